The molecule has 0 aliphatic rings. The minimum Gasteiger partial charge on any atom is -0.356 e. The summed E-state index contributed by atoms with van der Waals surface area (Å²) >= 11 is 0. The molecule has 0 saturated carbocycles. The van der Waals surface area contributed by atoms with Crippen molar-refractivity contribution >= 4 is 5.91 Å². The van der Waals surface area contributed by atoms with Gasteiger partial charge in [-0.15, -0.1) is 0 Å². The molecule has 0 spiro atoms. The van der Waals surface area contributed by atoms with Crippen molar-refractivity contribution < 1.29 is 9.32 Å². The van der Waals surface area contributed by atoms with E-state index in [1.54, 1.807) is 0 Å². The fourth-order valence-corrected chi connectivity index (χ4v) is 1.07. The van der Waals surface area contributed by atoms with E-state index in [4.69, 9.17) is 10.3 Å². The number of nitrogens with two attached hydrogens (primary N) is 1. The topological polar surface area (TPSA) is 94.0 Å². The Morgan fingerprint density at radius 3 is 3.13 bits per heavy atom. The minimum absolute atomic E-state index is 0.0381. The lowest BCUT2D eigenvalue weighted by Gasteiger charge is -2.08. The first-order chi connectivity index (χ1) is 7.22. The lowest BCUT2D eigenvalue weighted by molar-refractivity contribution is -0.121. The number of nitrogens with one attached hydrogen (secondary N) is 1. The SMILES string of the molecule is CCC(N)CC(=O)NCCc1ncno1. The van der Waals surface area contributed by atoms with Gasteiger partial charge in [-0.2, -0.15) is 4.98 Å². The maximum absolute atomic E-state index is 11.3. The minimum atomic E-state index is -0.0617. The second-order valence-electron chi connectivity index (χ2n) is 3.31. The summed E-state index contributed by atoms with van der Waals surface area (Å²) in [4.78, 5) is 15.1. The third kappa shape index (κ3) is 4.55. The molecule has 0 aromatic carbocycles. The highest BCUT2D eigenvalue weighted by Gasteiger charge is 2.07. The average Bonchev–Trinajstić information content (AvgIpc) is 2.70. The number of nitrogens with zero attached hydrogens (tertiary/aromatic N) is 2. The van der Waals surface area contributed by atoms with Crippen molar-refractivity contribution in [3.05, 3.63) is 12.2 Å². The van der Waals surface area contributed by atoms with Crippen molar-refractivity contribution in [2.45, 2.75) is 32.2 Å². The quantitative estimate of drug-likeness (QED) is 0.684. The molecule has 1 amide bonds. The summed E-state index contributed by atoms with van der Waals surface area (Å²) in [6, 6.07) is -0.0617. The van der Waals surface area contributed by atoms with Crippen LogP contribution < -0.4 is 11.1 Å². The molecular weight excluding hydrogens is 196 g/mol. The van der Waals surface area contributed by atoms with Crippen molar-refractivity contribution in [2.24, 2.45) is 5.73 Å². The number of carbonyl (C=O) groups excluding carboxylic acids is 1. The summed E-state index contributed by atoms with van der Waals surface area (Å²) in [6.07, 6.45) is 3.05. The van der Waals surface area contributed by atoms with E-state index in [9.17, 15) is 4.79 Å². The molecule has 1 aromatic heterocycles. The average molecular weight is 212 g/mol. The maximum atomic E-state index is 11.3. The van der Waals surface area contributed by atoms with Crippen LogP contribution in [0.1, 0.15) is 25.7 Å². The first kappa shape index (κ1) is 11.6. The van der Waals surface area contributed by atoms with Gasteiger partial charge in [0.15, 0.2) is 6.33 Å². The second-order valence-corrected chi connectivity index (χ2v) is 3.31. The van der Waals surface area contributed by atoms with Crippen LogP contribution >= 0.6 is 0 Å². The highest BCUT2D eigenvalue weighted by Crippen LogP contribution is 1.94. The van der Waals surface area contributed by atoms with E-state index in [0.29, 0.717) is 25.3 Å². The van der Waals surface area contributed by atoms with Crippen LogP contribution in [0.25, 0.3) is 0 Å². The van der Waals surface area contributed by atoms with Gasteiger partial charge in [0.05, 0.1) is 0 Å². The van der Waals surface area contributed by atoms with E-state index in [0.717, 1.165) is 6.42 Å². The van der Waals surface area contributed by atoms with Crippen LogP contribution in [0.3, 0.4) is 0 Å². The zero-order chi connectivity index (χ0) is 11.1. The molecule has 0 radical (unpaired) electrons. The van der Waals surface area contributed by atoms with Crippen molar-refractivity contribution in [3.63, 3.8) is 0 Å². The van der Waals surface area contributed by atoms with Crippen LogP contribution in [0.4, 0.5) is 0 Å². The molecule has 0 bridgehead atoms. The Morgan fingerprint density at radius 1 is 1.73 bits per heavy atom. The molecule has 6 heteroatoms. The summed E-state index contributed by atoms with van der Waals surface area (Å²) in [5, 5.41) is 6.20. The molecule has 84 valence electrons. The Balaban J connectivity index is 2.12. The largest absolute Gasteiger partial charge is 0.356 e. The number of rotatable bonds is 6. The third-order valence-electron chi connectivity index (χ3n) is 2.04. The van der Waals surface area contributed by atoms with Crippen LogP contribution in [-0.2, 0) is 11.2 Å². The van der Waals surface area contributed by atoms with Crippen LogP contribution in [0.5, 0.6) is 0 Å². The fourth-order valence-electron chi connectivity index (χ4n) is 1.07. The van der Waals surface area contributed by atoms with E-state index >= 15 is 0 Å². The van der Waals surface area contributed by atoms with Gasteiger partial charge in [0, 0.05) is 25.4 Å². The fraction of sp³-hybridized carbons (Fsp3) is 0.667. The second kappa shape index (κ2) is 6.13. The summed E-state index contributed by atoms with van der Waals surface area (Å²) in [5.74, 6) is 0.485. The highest BCUT2D eigenvalue weighted by atomic mass is 16.5. The lowest BCUT2D eigenvalue weighted by atomic mass is 10.1. The van der Waals surface area contributed by atoms with Gasteiger partial charge in [0.2, 0.25) is 11.8 Å². The van der Waals surface area contributed by atoms with Gasteiger partial charge < -0.3 is 15.6 Å². The van der Waals surface area contributed by atoms with Crippen LogP contribution in [0, 0.1) is 0 Å². The van der Waals surface area contributed by atoms with Gasteiger partial charge in [-0.3, -0.25) is 4.79 Å². The van der Waals surface area contributed by atoms with Gasteiger partial charge in [-0.05, 0) is 6.42 Å². The standard InChI is InChI=1S/C9H16N4O2/c1-2-7(10)5-8(14)11-4-3-9-12-6-13-15-9/h6-7H,2-5,10H2,1H3,(H,11,14). The monoisotopic (exact) mass is 212 g/mol. The van der Waals surface area contributed by atoms with Gasteiger partial charge in [0.25, 0.3) is 0 Å². The van der Waals surface area contributed by atoms with Crippen molar-refractivity contribution in [3.8, 4) is 0 Å². The molecule has 1 rings (SSSR count). The zero-order valence-corrected chi connectivity index (χ0v) is 8.77. The molecule has 1 atom stereocenters. The number of hydrogen-bond donors (Lipinski definition) is 2. The van der Waals surface area contributed by atoms with Gasteiger partial charge in [-0.1, -0.05) is 12.1 Å². The summed E-state index contributed by atoms with van der Waals surface area (Å²) in [5.41, 5.74) is 5.64. The molecule has 15 heavy (non-hydrogen) atoms. The molecule has 3 N–H and O–H groups in total. The Morgan fingerprint density at radius 2 is 2.53 bits per heavy atom. The van der Waals surface area contributed by atoms with Crippen LogP contribution in [0.2, 0.25) is 0 Å². The Hall–Kier alpha value is -1.43. The Bertz CT molecular complexity index is 286. The van der Waals surface area contributed by atoms with Crippen molar-refractivity contribution in [1.82, 2.24) is 15.5 Å². The van der Waals surface area contributed by atoms with E-state index in [2.05, 4.69) is 15.5 Å². The number of carbonyl (C=O) groups is 1. The summed E-state index contributed by atoms with van der Waals surface area (Å²) < 4.78 is 4.78. The number of aromatic nitrogens is 2. The van der Waals surface area contributed by atoms with Crippen molar-refractivity contribution in [2.75, 3.05) is 6.54 Å². The first-order valence-electron chi connectivity index (χ1n) is 5.00. The molecule has 1 unspecified atom stereocenters. The number of hydrogen-bond acceptors (Lipinski definition) is 5. The van der Waals surface area contributed by atoms with Gasteiger partial charge >= 0.3 is 0 Å². The molecule has 1 heterocycles. The molecule has 6 nitrogen and oxygen atoms in total. The molecule has 1 aromatic rings. The molecule has 0 aliphatic carbocycles. The van der Waals surface area contributed by atoms with Gasteiger partial charge in [0.1, 0.15) is 0 Å². The predicted molar refractivity (Wildman–Crippen MR) is 53.9 cm³/mol. The predicted octanol–water partition coefficient (Wildman–Crippen LogP) is -0.144. The summed E-state index contributed by atoms with van der Waals surface area (Å²) in [7, 11) is 0. The molecule has 0 fully saturated rings. The van der Waals surface area contributed by atoms with E-state index in [1.165, 1.54) is 6.33 Å². The van der Waals surface area contributed by atoms with Crippen LogP contribution in [0.15, 0.2) is 10.9 Å². The first-order valence-corrected chi connectivity index (χ1v) is 5.00. The normalized spacial score (nSPS) is 12.4. The zero-order valence-electron chi connectivity index (χ0n) is 8.77. The van der Waals surface area contributed by atoms with Crippen LogP contribution in [-0.4, -0.2) is 28.6 Å². The third-order valence-corrected chi connectivity index (χ3v) is 2.04. The number of amides is 1. The molecule has 0 saturated heterocycles. The Kier molecular flexibility index (Phi) is 4.76. The highest BCUT2D eigenvalue weighted by molar-refractivity contribution is 5.76. The molecule has 0 aliphatic heterocycles. The smallest absolute Gasteiger partial charge is 0.228 e. The maximum Gasteiger partial charge on any atom is 0.228 e. The van der Waals surface area contributed by atoms with E-state index in [-0.39, 0.29) is 11.9 Å². The lowest BCUT2D eigenvalue weighted by Crippen LogP contribution is -2.32. The Labute approximate surface area is 88.2 Å². The summed E-state index contributed by atoms with van der Waals surface area (Å²) in [6.45, 7) is 2.45. The van der Waals surface area contributed by atoms with Crippen molar-refractivity contribution in [1.29, 1.82) is 0 Å². The van der Waals surface area contributed by atoms with E-state index in [1.807, 2.05) is 6.92 Å². The van der Waals surface area contributed by atoms with Gasteiger partial charge in [-0.25, -0.2) is 0 Å². The molecular formula is C9H16N4O2. The van der Waals surface area contributed by atoms with E-state index < -0.39 is 0 Å².